The van der Waals surface area contributed by atoms with E-state index in [9.17, 15) is 5.11 Å². The number of anilines is 2. The van der Waals surface area contributed by atoms with Crippen LogP contribution in [0.25, 0.3) is 11.0 Å². The highest BCUT2D eigenvalue weighted by Gasteiger charge is 2.52. The Labute approximate surface area is 169 Å². The van der Waals surface area contributed by atoms with Gasteiger partial charge in [-0.1, -0.05) is 30.3 Å². The average Bonchev–Trinajstić information content (AvgIpc) is 3.05. The Balaban J connectivity index is 1.31. The molecule has 2 aromatic heterocycles. The van der Waals surface area contributed by atoms with Crippen LogP contribution in [0.4, 0.5) is 11.8 Å². The summed E-state index contributed by atoms with van der Waals surface area (Å²) in [5.74, 6) is 1.35. The molecule has 2 aliphatic rings. The molecular weight excluding hydrogens is 366 g/mol. The summed E-state index contributed by atoms with van der Waals surface area (Å²) in [5, 5.41) is 21.7. The number of hydrogen-bond acceptors (Lipinski definition) is 7. The third kappa shape index (κ3) is 3.42. The number of aliphatic hydroxyl groups is 1. The highest BCUT2D eigenvalue weighted by molar-refractivity contribution is 5.87. The fourth-order valence-corrected chi connectivity index (χ4v) is 4.78. The van der Waals surface area contributed by atoms with Crippen molar-refractivity contribution in [3.8, 4) is 0 Å². The molecule has 8 heteroatoms. The quantitative estimate of drug-likeness (QED) is 0.508. The Bertz CT molecular complexity index is 1000. The number of aliphatic hydroxyl groups excluding tert-OH is 1. The lowest BCUT2D eigenvalue weighted by atomic mass is 9.53. The van der Waals surface area contributed by atoms with Crippen LogP contribution >= 0.6 is 0 Å². The van der Waals surface area contributed by atoms with E-state index in [1.165, 1.54) is 0 Å². The molecule has 2 heterocycles. The van der Waals surface area contributed by atoms with E-state index >= 15 is 0 Å². The number of hydrogen-bond donors (Lipinski definition) is 4. The van der Waals surface area contributed by atoms with Crippen LogP contribution in [-0.2, 0) is 7.05 Å². The van der Waals surface area contributed by atoms with Gasteiger partial charge in [0.15, 0.2) is 5.65 Å². The second-order valence-electron chi connectivity index (χ2n) is 8.61. The largest absolute Gasteiger partial charge is 0.393 e. The van der Waals surface area contributed by atoms with Gasteiger partial charge < -0.3 is 21.5 Å². The Morgan fingerprint density at radius 2 is 1.97 bits per heavy atom. The predicted octanol–water partition coefficient (Wildman–Crippen LogP) is 2.19. The zero-order valence-corrected chi connectivity index (χ0v) is 16.5. The van der Waals surface area contributed by atoms with E-state index in [1.807, 2.05) is 37.4 Å². The second kappa shape index (κ2) is 6.96. The number of nitrogens with zero attached hydrogens (tertiary/aromatic N) is 4. The molecule has 0 amide bonds. The van der Waals surface area contributed by atoms with Gasteiger partial charge in [0, 0.05) is 25.7 Å². The van der Waals surface area contributed by atoms with Gasteiger partial charge in [-0.2, -0.15) is 15.1 Å². The summed E-state index contributed by atoms with van der Waals surface area (Å²) in [6, 6.07) is 10.2. The smallest absolute Gasteiger partial charge is 0.226 e. The number of nitrogens with two attached hydrogens (primary N) is 1. The zero-order valence-electron chi connectivity index (χ0n) is 16.5. The van der Waals surface area contributed by atoms with E-state index in [1.54, 1.807) is 10.9 Å². The number of rotatable bonds is 6. The summed E-state index contributed by atoms with van der Waals surface area (Å²) in [6.45, 7) is 0.539. The van der Waals surface area contributed by atoms with E-state index < -0.39 is 0 Å². The first kappa shape index (κ1) is 18.3. The minimum Gasteiger partial charge on any atom is -0.393 e. The third-order valence-electron chi connectivity index (χ3n) is 6.34. The van der Waals surface area contributed by atoms with Crippen LogP contribution in [0.2, 0.25) is 0 Å². The van der Waals surface area contributed by atoms with Crippen molar-refractivity contribution in [3.05, 3.63) is 42.1 Å². The van der Waals surface area contributed by atoms with Gasteiger partial charge in [0.2, 0.25) is 5.95 Å². The maximum absolute atomic E-state index is 9.62. The van der Waals surface area contributed by atoms with E-state index in [0.717, 1.165) is 48.1 Å². The predicted molar refractivity (Wildman–Crippen MR) is 112 cm³/mol. The molecule has 152 valence electrons. The molecule has 5 N–H and O–H groups in total. The molecule has 1 atom stereocenters. The minimum atomic E-state index is -0.144. The lowest BCUT2D eigenvalue weighted by molar-refractivity contribution is -0.0868. The van der Waals surface area contributed by atoms with Crippen molar-refractivity contribution in [1.29, 1.82) is 0 Å². The summed E-state index contributed by atoms with van der Waals surface area (Å²) in [5.41, 5.74) is 8.51. The fraction of sp³-hybridized carbons (Fsp3) is 0.476. The van der Waals surface area contributed by atoms with Crippen LogP contribution in [0, 0.1) is 5.41 Å². The standard InChI is InChI=1S/C21H27N7O/c1-28-19-16(11-24-28)18(25-14-7-21(8-14)9-15(29)10-21)26-20(27-19)23-12-17(22)13-5-3-2-4-6-13/h2-6,11,14-15,17,29H,7-10,12,22H2,1H3,(H2,23,25,26,27). The van der Waals surface area contributed by atoms with E-state index in [0.29, 0.717) is 23.9 Å². The number of aromatic nitrogens is 4. The van der Waals surface area contributed by atoms with Gasteiger partial charge in [0.05, 0.1) is 17.7 Å². The highest BCUT2D eigenvalue weighted by atomic mass is 16.3. The minimum absolute atomic E-state index is 0.107. The SMILES string of the molecule is Cn1ncc2c(NC3CC4(CC(O)C4)C3)nc(NCC(N)c3ccccc3)nc21. The molecule has 5 rings (SSSR count). The van der Waals surface area contributed by atoms with E-state index in [2.05, 4.69) is 20.7 Å². The van der Waals surface area contributed by atoms with E-state index in [4.69, 9.17) is 10.7 Å². The highest BCUT2D eigenvalue weighted by Crippen LogP contribution is 2.56. The molecule has 0 aliphatic heterocycles. The zero-order chi connectivity index (χ0) is 20.0. The fourth-order valence-electron chi connectivity index (χ4n) is 4.78. The van der Waals surface area contributed by atoms with Crippen molar-refractivity contribution in [2.24, 2.45) is 18.2 Å². The molecule has 1 unspecified atom stereocenters. The number of aryl methyl sites for hydroxylation is 1. The van der Waals surface area contributed by atoms with Crippen LogP contribution in [-0.4, -0.2) is 43.5 Å². The topological polar surface area (TPSA) is 114 Å². The normalized spacial score (nSPS) is 26.7. The van der Waals surface area contributed by atoms with Crippen LogP contribution < -0.4 is 16.4 Å². The van der Waals surface area contributed by atoms with Crippen LogP contribution in [0.5, 0.6) is 0 Å². The van der Waals surface area contributed by atoms with Crippen molar-refractivity contribution < 1.29 is 5.11 Å². The van der Waals surface area contributed by atoms with Gasteiger partial charge in [-0.05, 0) is 36.7 Å². The molecule has 2 saturated carbocycles. The maximum atomic E-state index is 9.62. The van der Waals surface area contributed by atoms with Gasteiger partial charge in [-0.25, -0.2) is 0 Å². The Morgan fingerprint density at radius 1 is 1.21 bits per heavy atom. The van der Waals surface area contributed by atoms with Crippen molar-refractivity contribution in [2.45, 2.75) is 43.9 Å². The number of nitrogens with one attached hydrogen (secondary N) is 2. The Hall–Kier alpha value is -2.71. The van der Waals surface area contributed by atoms with E-state index in [-0.39, 0.29) is 12.1 Å². The molecule has 0 bridgehead atoms. The molecular formula is C21H27N7O. The van der Waals surface area contributed by atoms with Gasteiger partial charge >= 0.3 is 0 Å². The van der Waals surface area contributed by atoms with Crippen molar-refractivity contribution in [2.75, 3.05) is 17.2 Å². The first-order valence-corrected chi connectivity index (χ1v) is 10.2. The first-order chi connectivity index (χ1) is 14.0. The molecule has 2 aliphatic carbocycles. The molecule has 1 spiro atoms. The molecule has 0 radical (unpaired) electrons. The third-order valence-corrected chi connectivity index (χ3v) is 6.34. The average molecular weight is 393 g/mol. The number of benzene rings is 1. The summed E-state index contributed by atoms with van der Waals surface area (Å²) in [4.78, 5) is 9.34. The molecule has 3 aromatic rings. The van der Waals surface area contributed by atoms with Crippen molar-refractivity contribution in [1.82, 2.24) is 19.7 Å². The van der Waals surface area contributed by atoms with Crippen LogP contribution in [0.3, 0.4) is 0 Å². The molecule has 1 aromatic carbocycles. The lowest BCUT2D eigenvalue weighted by Gasteiger charge is -2.56. The van der Waals surface area contributed by atoms with Gasteiger partial charge in [0.25, 0.3) is 0 Å². The van der Waals surface area contributed by atoms with Crippen molar-refractivity contribution in [3.63, 3.8) is 0 Å². The summed E-state index contributed by atoms with van der Waals surface area (Å²) in [6.07, 6.45) is 5.72. The Morgan fingerprint density at radius 3 is 2.69 bits per heavy atom. The summed E-state index contributed by atoms with van der Waals surface area (Å²) in [7, 11) is 1.88. The summed E-state index contributed by atoms with van der Waals surface area (Å²) < 4.78 is 1.76. The Kier molecular flexibility index (Phi) is 4.40. The first-order valence-electron chi connectivity index (χ1n) is 10.2. The van der Waals surface area contributed by atoms with Crippen LogP contribution in [0.15, 0.2) is 36.5 Å². The second-order valence-corrected chi connectivity index (χ2v) is 8.61. The van der Waals surface area contributed by atoms with Gasteiger partial charge in [0.1, 0.15) is 5.82 Å². The maximum Gasteiger partial charge on any atom is 0.226 e. The summed E-state index contributed by atoms with van der Waals surface area (Å²) >= 11 is 0. The van der Waals surface area contributed by atoms with Gasteiger partial charge in [-0.3, -0.25) is 4.68 Å². The van der Waals surface area contributed by atoms with Gasteiger partial charge in [-0.15, -0.1) is 0 Å². The lowest BCUT2D eigenvalue weighted by Crippen LogP contribution is -2.54. The molecule has 0 saturated heterocycles. The molecule has 29 heavy (non-hydrogen) atoms. The molecule has 8 nitrogen and oxygen atoms in total. The number of fused-ring (bicyclic) bond motifs is 1. The van der Waals surface area contributed by atoms with Crippen molar-refractivity contribution >= 4 is 22.8 Å². The molecule has 2 fully saturated rings. The van der Waals surface area contributed by atoms with Crippen LogP contribution in [0.1, 0.15) is 37.3 Å². The monoisotopic (exact) mass is 393 g/mol.